The van der Waals surface area contributed by atoms with E-state index >= 15 is 0 Å². The molecule has 1 heterocycles. The Morgan fingerprint density at radius 2 is 1.90 bits per heavy atom. The first-order valence-electron chi connectivity index (χ1n) is 7.22. The van der Waals surface area contributed by atoms with Crippen molar-refractivity contribution in [1.29, 1.82) is 0 Å². The molecule has 0 saturated carbocycles. The predicted molar refractivity (Wildman–Crippen MR) is 78.7 cm³/mol. The molecular weight excluding hydrogens is 252 g/mol. The van der Waals surface area contributed by atoms with Crippen molar-refractivity contribution in [3.05, 3.63) is 34.9 Å². The van der Waals surface area contributed by atoms with E-state index in [0.29, 0.717) is 18.5 Å². The maximum atomic E-state index is 12.1. The molecule has 0 aromatic heterocycles. The Bertz CT molecular complexity index is 505. The van der Waals surface area contributed by atoms with Crippen LogP contribution in [0, 0.1) is 13.8 Å². The molecule has 0 aliphatic carbocycles. The molecule has 1 fully saturated rings. The van der Waals surface area contributed by atoms with Crippen LogP contribution in [0.2, 0.25) is 0 Å². The first-order chi connectivity index (χ1) is 9.59. The first kappa shape index (κ1) is 14.6. The summed E-state index contributed by atoms with van der Waals surface area (Å²) in [6, 6.07) is 5.69. The molecule has 1 aliphatic heterocycles. The first-order valence-corrected chi connectivity index (χ1v) is 7.22. The van der Waals surface area contributed by atoms with Gasteiger partial charge in [0, 0.05) is 31.6 Å². The van der Waals surface area contributed by atoms with Gasteiger partial charge in [-0.2, -0.15) is 0 Å². The van der Waals surface area contributed by atoms with Gasteiger partial charge in [-0.3, -0.25) is 9.59 Å². The number of hydrogen-bond donors (Lipinski definition) is 1. The van der Waals surface area contributed by atoms with Crippen molar-refractivity contribution in [3.63, 3.8) is 0 Å². The fourth-order valence-corrected chi connectivity index (χ4v) is 2.50. The fraction of sp³-hybridized carbons (Fsp3) is 0.500. The van der Waals surface area contributed by atoms with Crippen LogP contribution in [-0.2, 0) is 4.79 Å². The molecule has 0 unspecified atom stereocenters. The molecule has 108 valence electrons. The number of nitrogens with one attached hydrogen (secondary N) is 1. The Labute approximate surface area is 120 Å². The minimum absolute atomic E-state index is 0.0968. The lowest BCUT2D eigenvalue weighted by Crippen LogP contribution is -2.32. The summed E-state index contributed by atoms with van der Waals surface area (Å²) >= 11 is 0. The predicted octanol–water partition coefficient (Wildman–Crippen LogP) is 2.05. The maximum absolute atomic E-state index is 12.1. The molecule has 4 heteroatoms. The highest BCUT2D eigenvalue weighted by molar-refractivity contribution is 5.96. The van der Waals surface area contributed by atoms with Gasteiger partial charge in [-0.25, -0.2) is 0 Å². The fourth-order valence-electron chi connectivity index (χ4n) is 2.50. The van der Waals surface area contributed by atoms with Gasteiger partial charge >= 0.3 is 0 Å². The normalized spacial score (nSPS) is 14.4. The van der Waals surface area contributed by atoms with Crippen LogP contribution in [0.1, 0.15) is 40.7 Å². The molecule has 4 nitrogen and oxygen atoms in total. The van der Waals surface area contributed by atoms with E-state index in [-0.39, 0.29) is 11.8 Å². The third-order valence-electron chi connectivity index (χ3n) is 3.93. The van der Waals surface area contributed by atoms with Crippen LogP contribution in [0.15, 0.2) is 18.2 Å². The molecule has 1 aromatic rings. The Morgan fingerprint density at radius 1 is 1.20 bits per heavy atom. The summed E-state index contributed by atoms with van der Waals surface area (Å²) in [5.41, 5.74) is 2.79. The third kappa shape index (κ3) is 3.38. The number of amides is 2. The summed E-state index contributed by atoms with van der Waals surface area (Å²) in [6.07, 6.45) is 2.58. The van der Waals surface area contributed by atoms with E-state index in [1.807, 2.05) is 36.9 Å². The second kappa shape index (κ2) is 6.55. The molecule has 20 heavy (non-hydrogen) atoms. The lowest BCUT2D eigenvalue weighted by molar-refractivity contribution is -0.129. The van der Waals surface area contributed by atoms with Gasteiger partial charge in [-0.05, 0) is 43.9 Å². The summed E-state index contributed by atoms with van der Waals surface area (Å²) < 4.78 is 0. The van der Waals surface area contributed by atoms with E-state index in [0.717, 1.165) is 37.1 Å². The number of aryl methyl sites for hydroxylation is 1. The van der Waals surface area contributed by atoms with E-state index in [1.54, 1.807) is 0 Å². The van der Waals surface area contributed by atoms with Crippen molar-refractivity contribution in [3.8, 4) is 0 Å². The minimum Gasteiger partial charge on any atom is -0.352 e. The average molecular weight is 274 g/mol. The van der Waals surface area contributed by atoms with Gasteiger partial charge in [-0.15, -0.1) is 0 Å². The number of carbonyl (C=O) groups is 2. The number of hydrogen-bond acceptors (Lipinski definition) is 2. The van der Waals surface area contributed by atoms with Crippen LogP contribution in [0.4, 0.5) is 0 Å². The zero-order chi connectivity index (χ0) is 14.5. The van der Waals surface area contributed by atoms with Gasteiger partial charge in [0.05, 0.1) is 0 Å². The van der Waals surface area contributed by atoms with E-state index in [9.17, 15) is 9.59 Å². The molecular formula is C16H22N2O2. The highest BCUT2D eigenvalue weighted by Crippen LogP contribution is 2.12. The molecule has 1 saturated heterocycles. The molecule has 1 aromatic carbocycles. The van der Waals surface area contributed by atoms with Crippen molar-refractivity contribution in [2.75, 3.05) is 19.6 Å². The van der Waals surface area contributed by atoms with Crippen LogP contribution >= 0.6 is 0 Å². The van der Waals surface area contributed by atoms with E-state index in [2.05, 4.69) is 5.32 Å². The number of benzene rings is 1. The average Bonchev–Trinajstić information content (AvgIpc) is 2.95. The van der Waals surface area contributed by atoms with Crippen molar-refractivity contribution in [2.24, 2.45) is 0 Å². The molecule has 2 amide bonds. The smallest absolute Gasteiger partial charge is 0.251 e. The topological polar surface area (TPSA) is 49.4 Å². The number of rotatable bonds is 4. The molecule has 0 spiro atoms. The van der Waals surface area contributed by atoms with Crippen molar-refractivity contribution in [2.45, 2.75) is 33.1 Å². The Balaban J connectivity index is 1.83. The summed E-state index contributed by atoms with van der Waals surface area (Å²) in [5, 5.41) is 2.83. The summed E-state index contributed by atoms with van der Waals surface area (Å²) in [7, 11) is 0. The number of nitrogens with zero attached hydrogens (tertiary/aromatic N) is 1. The van der Waals surface area contributed by atoms with E-state index in [4.69, 9.17) is 0 Å². The Hall–Kier alpha value is -1.84. The molecule has 1 aliphatic rings. The van der Waals surface area contributed by atoms with Crippen LogP contribution in [0.5, 0.6) is 0 Å². The molecule has 2 rings (SSSR count). The minimum atomic E-state index is -0.0968. The SMILES string of the molecule is Cc1cccc(C(=O)NCCC(=O)N2CCCC2)c1C. The van der Waals surface area contributed by atoms with Gasteiger partial charge in [-0.1, -0.05) is 12.1 Å². The molecule has 0 atom stereocenters. The van der Waals surface area contributed by atoms with Crippen LogP contribution < -0.4 is 5.32 Å². The van der Waals surface area contributed by atoms with Crippen molar-refractivity contribution < 1.29 is 9.59 Å². The highest BCUT2D eigenvalue weighted by atomic mass is 16.2. The number of carbonyl (C=O) groups excluding carboxylic acids is 2. The maximum Gasteiger partial charge on any atom is 0.251 e. The zero-order valence-electron chi connectivity index (χ0n) is 12.2. The van der Waals surface area contributed by atoms with Crippen LogP contribution in [0.25, 0.3) is 0 Å². The molecule has 0 radical (unpaired) electrons. The zero-order valence-corrected chi connectivity index (χ0v) is 12.2. The molecule has 0 bridgehead atoms. The largest absolute Gasteiger partial charge is 0.352 e. The van der Waals surface area contributed by atoms with Crippen molar-refractivity contribution >= 4 is 11.8 Å². The van der Waals surface area contributed by atoms with Gasteiger partial charge in [0.1, 0.15) is 0 Å². The van der Waals surface area contributed by atoms with Gasteiger partial charge < -0.3 is 10.2 Å². The monoisotopic (exact) mass is 274 g/mol. The highest BCUT2D eigenvalue weighted by Gasteiger charge is 2.17. The summed E-state index contributed by atoms with van der Waals surface area (Å²) in [5.74, 6) is 0.0455. The standard InChI is InChI=1S/C16H22N2O2/c1-12-6-5-7-14(13(12)2)16(20)17-9-8-15(19)18-10-3-4-11-18/h5-7H,3-4,8-11H2,1-2H3,(H,17,20). The second-order valence-corrected chi connectivity index (χ2v) is 5.34. The lowest BCUT2D eigenvalue weighted by Gasteiger charge is -2.15. The quantitative estimate of drug-likeness (QED) is 0.913. The Kier molecular flexibility index (Phi) is 4.77. The molecule has 1 N–H and O–H groups in total. The van der Waals surface area contributed by atoms with Gasteiger partial charge in [0.15, 0.2) is 0 Å². The summed E-state index contributed by atoms with van der Waals surface area (Å²) in [4.78, 5) is 25.8. The number of likely N-dealkylation sites (tertiary alicyclic amines) is 1. The van der Waals surface area contributed by atoms with Crippen LogP contribution in [0.3, 0.4) is 0 Å². The third-order valence-corrected chi connectivity index (χ3v) is 3.93. The second-order valence-electron chi connectivity index (χ2n) is 5.34. The van der Waals surface area contributed by atoms with E-state index < -0.39 is 0 Å². The lowest BCUT2D eigenvalue weighted by atomic mass is 10.0. The summed E-state index contributed by atoms with van der Waals surface area (Å²) in [6.45, 7) is 6.07. The van der Waals surface area contributed by atoms with Gasteiger partial charge in [0.2, 0.25) is 5.91 Å². The Morgan fingerprint density at radius 3 is 2.60 bits per heavy atom. The van der Waals surface area contributed by atoms with Crippen LogP contribution in [-0.4, -0.2) is 36.3 Å². The van der Waals surface area contributed by atoms with Gasteiger partial charge in [0.25, 0.3) is 5.91 Å². The van der Waals surface area contributed by atoms with Crippen molar-refractivity contribution in [1.82, 2.24) is 10.2 Å². The van der Waals surface area contributed by atoms with E-state index in [1.165, 1.54) is 0 Å².